The number of fused-ring (bicyclic) bond motifs is 1. The van der Waals surface area contributed by atoms with Crippen LogP contribution in [-0.2, 0) is 4.79 Å². The number of benzene rings is 1. The average Bonchev–Trinajstić information content (AvgIpc) is 2.83. The Morgan fingerprint density at radius 2 is 2.15 bits per heavy atom. The number of carbonyl (C=O) groups excluding carboxylic acids is 1. The number of ether oxygens (including phenoxy) is 2. The molecule has 0 aromatic heterocycles. The average molecular weight is 280 g/mol. The molecule has 1 aromatic rings. The Morgan fingerprint density at radius 1 is 1.35 bits per heavy atom. The van der Waals surface area contributed by atoms with Crippen molar-refractivity contribution >= 4 is 11.6 Å². The first-order valence-electron chi connectivity index (χ1n) is 6.76. The summed E-state index contributed by atoms with van der Waals surface area (Å²) >= 11 is 0. The molecule has 6 heteroatoms. The zero-order valence-corrected chi connectivity index (χ0v) is 11.1. The molecule has 1 fully saturated rings. The van der Waals surface area contributed by atoms with Crippen molar-refractivity contribution in [1.29, 1.82) is 0 Å². The molecule has 0 spiro atoms. The third-order valence-electron chi connectivity index (χ3n) is 3.41. The van der Waals surface area contributed by atoms with Gasteiger partial charge in [0.2, 0.25) is 5.91 Å². The van der Waals surface area contributed by atoms with Gasteiger partial charge in [0, 0.05) is 24.8 Å². The van der Waals surface area contributed by atoms with Crippen LogP contribution in [0, 0.1) is 0 Å². The number of nitrogens with zero attached hydrogens (tertiary/aromatic N) is 1. The summed E-state index contributed by atoms with van der Waals surface area (Å²) in [5, 5.41) is 2.80. The van der Waals surface area contributed by atoms with E-state index < -0.39 is 6.17 Å². The largest absolute Gasteiger partial charge is 0.486 e. The molecule has 0 bridgehead atoms. The Kier molecular flexibility index (Phi) is 3.73. The second-order valence-electron chi connectivity index (χ2n) is 5.03. The molecule has 2 heterocycles. The van der Waals surface area contributed by atoms with E-state index in [1.807, 2.05) is 4.90 Å². The van der Waals surface area contributed by atoms with Crippen LogP contribution in [0.4, 0.5) is 10.1 Å². The molecule has 3 rings (SSSR count). The van der Waals surface area contributed by atoms with E-state index in [1.54, 1.807) is 18.2 Å². The molecule has 1 atom stereocenters. The quantitative estimate of drug-likeness (QED) is 0.910. The summed E-state index contributed by atoms with van der Waals surface area (Å²) in [5.74, 6) is 1.18. The number of hydrogen-bond acceptors (Lipinski definition) is 4. The van der Waals surface area contributed by atoms with Crippen LogP contribution in [0.25, 0.3) is 0 Å². The number of nitrogens with one attached hydrogen (secondary N) is 1. The van der Waals surface area contributed by atoms with Crippen molar-refractivity contribution in [3.05, 3.63) is 18.2 Å². The molecule has 1 N–H and O–H groups in total. The molecule has 5 nitrogen and oxygen atoms in total. The van der Waals surface area contributed by atoms with E-state index in [4.69, 9.17) is 9.47 Å². The molecular weight excluding hydrogens is 263 g/mol. The van der Waals surface area contributed by atoms with Gasteiger partial charge in [-0.15, -0.1) is 0 Å². The summed E-state index contributed by atoms with van der Waals surface area (Å²) in [4.78, 5) is 13.7. The second kappa shape index (κ2) is 5.66. The van der Waals surface area contributed by atoms with Crippen molar-refractivity contribution in [1.82, 2.24) is 4.90 Å². The highest BCUT2D eigenvalue weighted by atomic mass is 19.1. The highest BCUT2D eigenvalue weighted by Crippen LogP contribution is 2.32. The summed E-state index contributed by atoms with van der Waals surface area (Å²) in [6, 6.07) is 5.29. The second-order valence-corrected chi connectivity index (χ2v) is 5.03. The van der Waals surface area contributed by atoms with Crippen molar-refractivity contribution in [2.24, 2.45) is 0 Å². The number of rotatable bonds is 3. The van der Waals surface area contributed by atoms with Crippen LogP contribution in [0.3, 0.4) is 0 Å². The van der Waals surface area contributed by atoms with Crippen molar-refractivity contribution in [3.63, 3.8) is 0 Å². The third-order valence-corrected chi connectivity index (χ3v) is 3.41. The van der Waals surface area contributed by atoms with Gasteiger partial charge >= 0.3 is 0 Å². The lowest BCUT2D eigenvalue weighted by atomic mass is 10.2. The van der Waals surface area contributed by atoms with Crippen molar-refractivity contribution in [2.45, 2.75) is 12.6 Å². The standard InChI is InChI=1S/C14H17FN2O3/c15-10-3-4-17(8-10)9-14(18)16-11-1-2-12-13(7-11)20-6-5-19-12/h1-2,7,10H,3-6,8-9H2,(H,16,18). The molecule has 1 amide bonds. The maximum atomic E-state index is 13.0. The van der Waals surface area contributed by atoms with Crippen molar-refractivity contribution < 1.29 is 18.7 Å². The van der Waals surface area contributed by atoms with E-state index in [1.165, 1.54) is 0 Å². The normalized spacial score (nSPS) is 21.8. The SMILES string of the molecule is O=C(CN1CCC(F)C1)Nc1ccc2c(c1)OCCO2. The molecule has 0 saturated carbocycles. The summed E-state index contributed by atoms with van der Waals surface area (Å²) in [6.45, 7) is 2.24. The van der Waals surface area contributed by atoms with Crippen LogP contribution in [0.2, 0.25) is 0 Å². The van der Waals surface area contributed by atoms with E-state index in [2.05, 4.69) is 5.32 Å². The minimum atomic E-state index is -0.808. The molecule has 0 aliphatic carbocycles. The number of likely N-dealkylation sites (tertiary alicyclic amines) is 1. The number of carbonyl (C=O) groups is 1. The zero-order chi connectivity index (χ0) is 13.9. The molecular formula is C14H17FN2O3. The molecule has 20 heavy (non-hydrogen) atoms. The lowest BCUT2D eigenvalue weighted by Crippen LogP contribution is -2.31. The highest BCUT2D eigenvalue weighted by molar-refractivity contribution is 5.92. The number of alkyl halides is 1. The van der Waals surface area contributed by atoms with E-state index >= 15 is 0 Å². The minimum absolute atomic E-state index is 0.143. The molecule has 1 saturated heterocycles. The van der Waals surface area contributed by atoms with E-state index in [9.17, 15) is 9.18 Å². The van der Waals surface area contributed by atoms with E-state index in [0.717, 1.165) is 0 Å². The first kappa shape index (κ1) is 13.2. The summed E-state index contributed by atoms with van der Waals surface area (Å²) in [5.41, 5.74) is 0.662. The Balaban J connectivity index is 1.58. The van der Waals surface area contributed by atoms with Gasteiger partial charge in [0.25, 0.3) is 0 Å². The number of amides is 1. The van der Waals surface area contributed by atoms with Crippen LogP contribution >= 0.6 is 0 Å². The molecule has 1 unspecified atom stereocenters. The zero-order valence-electron chi connectivity index (χ0n) is 11.1. The van der Waals surface area contributed by atoms with Gasteiger partial charge in [0.15, 0.2) is 11.5 Å². The molecule has 2 aliphatic rings. The van der Waals surface area contributed by atoms with Crippen LogP contribution in [-0.4, -0.2) is 49.8 Å². The van der Waals surface area contributed by atoms with Gasteiger partial charge in [-0.25, -0.2) is 4.39 Å². The van der Waals surface area contributed by atoms with Gasteiger partial charge in [-0.3, -0.25) is 9.69 Å². The summed E-state index contributed by atoms with van der Waals surface area (Å²) in [7, 11) is 0. The topological polar surface area (TPSA) is 50.8 Å². The third kappa shape index (κ3) is 3.01. The minimum Gasteiger partial charge on any atom is -0.486 e. The fraction of sp³-hybridized carbons (Fsp3) is 0.500. The Hall–Kier alpha value is -1.82. The molecule has 1 aromatic carbocycles. The molecule has 0 radical (unpaired) electrons. The number of halogens is 1. The lowest BCUT2D eigenvalue weighted by Gasteiger charge is -2.19. The van der Waals surface area contributed by atoms with Crippen molar-refractivity contribution in [3.8, 4) is 11.5 Å². The first-order valence-corrected chi connectivity index (χ1v) is 6.76. The van der Waals surface area contributed by atoms with E-state index in [-0.39, 0.29) is 12.5 Å². The van der Waals surface area contributed by atoms with Crippen LogP contribution in [0.5, 0.6) is 11.5 Å². The first-order chi connectivity index (χ1) is 9.70. The molecule has 2 aliphatic heterocycles. The number of hydrogen-bond donors (Lipinski definition) is 1. The fourth-order valence-electron chi connectivity index (χ4n) is 2.45. The molecule has 108 valence electrons. The fourth-order valence-corrected chi connectivity index (χ4v) is 2.45. The summed E-state index contributed by atoms with van der Waals surface area (Å²) < 4.78 is 23.9. The Labute approximate surface area is 116 Å². The van der Waals surface area contributed by atoms with Gasteiger partial charge in [0.1, 0.15) is 19.4 Å². The van der Waals surface area contributed by atoms with Gasteiger partial charge in [-0.05, 0) is 18.6 Å². The number of anilines is 1. The predicted octanol–water partition coefficient (Wildman–Crippen LogP) is 1.44. The monoisotopic (exact) mass is 280 g/mol. The highest BCUT2D eigenvalue weighted by Gasteiger charge is 2.23. The smallest absolute Gasteiger partial charge is 0.238 e. The van der Waals surface area contributed by atoms with Gasteiger partial charge < -0.3 is 14.8 Å². The van der Waals surface area contributed by atoms with Crippen LogP contribution < -0.4 is 14.8 Å². The van der Waals surface area contributed by atoms with E-state index in [0.29, 0.717) is 49.9 Å². The maximum Gasteiger partial charge on any atom is 0.238 e. The maximum absolute atomic E-state index is 13.0. The lowest BCUT2D eigenvalue weighted by molar-refractivity contribution is -0.117. The summed E-state index contributed by atoms with van der Waals surface area (Å²) in [6.07, 6.45) is -0.297. The predicted molar refractivity (Wildman–Crippen MR) is 72.0 cm³/mol. The van der Waals surface area contributed by atoms with Gasteiger partial charge in [-0.1, -0.05) is 0 Å². The van der Waals surface area contributed by atoms with Crippen LogP contribution in [0.1, 0.15) is 6.42 Å². The van der Waals surface area contributed by atoms with Gasteiger partial charge in [-0.2, -0.15) is 0 Å². The Morgan fingerprint density at radius 3 is 2.90 bits per heavy atom. The Bertz CT molecular complexity index is 509. The van der Waals surface area contributed by atoms with Gasteiger partial charge in [0.05, 0.1) is 6.54 Å². The van der Waals surface area contributed by atoms with Crippen LogP contribution in [0.15, 0.2) is 18.2 Å². The van der Waals surface area contributed by atoms with Crippen molar-refractivity contribution in [2.75, 3.05) is 38.2 Å².